The Hall–Kier alpha value is -0.770. The van der Waals surface area contributed by atoms with E-state index in [1.165, 1.54) is 20.0 Å². The highest BCUT2D eigenvalue weighted by molar-refractivity contribution is 5.72. The van der Waals surface area contributed by atoms with Crippen LogP contribution in [0.3, 0.4) is 0 Å². The van der Waals surface area contributed by atoms with Crippen molar-refractivity contribution < 1.29 is 9.63 Å². The van der Waals surface area contributed by atoms with Crippen LogP contribution in [0.15, 0.2) is 0 Å². The van der Waals surface area contributed by atoms with Crippen LogP contribution in [0, 0.1) is 5.92 Å². The van der Waals surface area contributed by atoms with Gasteiger partial charge in [-0.15, -0.1) is 0 Å². The molecule has 0 aromatic carbocycles. The van der Waals surface area contributed by atoms with Gasteiger partial charge in [0.1, 0.15) is 0 Å². The summed E-state index contributed by atoms with van der Waals surface area (Å²) in [7, 11) is 1.42. The Balaban J connectivity index is 1.88. The standard InChI is InChI=1S/C7H14N2O2/c1-11-9-7(10)8-5-4-6-2-3-6/h6H,2-5H2,1H3,(H2,8,9,10). The quantitative estimate of drug-likeness (QED) is 0.590. The monoisotopic (exact) mass is 158 g/mol. The van der Waals surface area contributed by atoms with Crippen molar-refractivity contribution in [2.75, 3.05) is 13.7 Å². The average Bonchev–Trinajstić information content (AvgIpc) is 2.72. The molecule has 0 atom stereocenters. The van der Waals surface area contributed by atoms with Gasteiger partial charge >= 0.3 is 6.03 Å². The highest BCUT2D eigenvalue weighted by Gasteiger charge is 2.20. The summed E-state index contributed by atoms with van der Waals surface area (Å²) in [5, 5.41) is 2.68. The van der Waals surface area contributed by atoms with Crippen molar-refractivity contribution >= 4 is 6.03 Å². The van der Waals surface area contributed by atoms with Crippen molar-refractivity contribution in [3.8, 4) is 0 Å². The minimum Gasteiger partial charge on any atom is -0.336 e. The number of hydrogen-bond donors (Lipinski definition) is 2. The van der Waals surface area contributed by atoms with Gasteiger partial charge in [-0.3, -0.25) is 4.84 Å². The normalized spacial score (nSPS) is 16.1. The van der Waals surface area contributed by atoms with Crippen LogP contribution >= 0.6 is 0 Å². The van der Waals surface area contributed by atoms with Crippen LogP contribution in [0.4, 0.5) is 4.79 Å². The summed E-state index contributed by atoms with van der Waals surface area (Å²) in [6, 6.07) is -0.256. The Kier molecular flexibility index (Phi) is 3.16. The van der Waals surface area contributed by atoms with E-state index in [0.29, 0.717) is 0 Å². The number of hydroxylamine groups is 1. The molecule has 0 aliphatic heterocycles. The molecule has 0 spiro atoms. The lowest BCUT2D eigenvalue weighted by molar-refractivity contribution is 0.107. The van der Waals surface area contributed by atoms with Crippen LogP contribution in [0.2, 0.25) is 0 Å². The third-order valence-corrected chi connectivity index (χ3v) is 1.73. The van der Waals surface area contributed by atoms with Crippen molar-refractivity contribution in [1.82, 2.24) is 10.8 Å². The van der Waals surface area contributed by atoms with Crippen LogP contribution in [0.1, 0.15) is 19.3 Å². The van der Waals surface area contributed by atoms with Gasteiger partial charge in [-0.25, -0.2) is 10.3 Å². The van der Waals surface area contributed by atoms with Crippen molar-refractivity contribution in [3.63, 3.8) is 0 Å². The van der Waals surface area contributed by atoms with Crippen molar-refractivity contribution in [2.24, 2.45) is 5.92 Å². The Morgan fingerprint density at radius 1 is 1.64 bits per heavy atom. The van der Waals surface area contributed by atoms with Crippen molar-refractivity contribution in [1.29, 1.82) is 0 Å². The van der Waals surface area contributed by atoms with Gasteiger partial charge in [0.25, 0.3) is 0 Å². The Labute approximate surface area is 66.3 Å². The SMILES string of the molecule is CONC(=O)NCCC1CC1. The van der Waals surface area contributed by atoms with E-state index in [0.717, 1.165) is 18.9 Å². The van der Waals surface area contributed by atoms with Gasteiger partial charge in [0.05, 0.1) is 7.11 Å². The predicted octanol–water partition coefficient (Wildman–Crippen LogP) is 0.647. The zero-order chi connectivity index (χ0) is 8.10. The molecular weight excluding hydrogens is 144 g/mol. The number of hydrogen-bond acceptors (Lipinski definition) is 2. The van der Waals surface area contributed by atoms with Crippen molar-refractivity contribution in [3.05, 3.63) is 0 Å². The topological polar surface area (TPSA) is 50.4 Å². The summed E-state index contributed by atoms with van der Waals surface area (Å²) in [5.74, 6) is 0.859. The summed E-state index contributed by atoms with van der Waals surface area (Å²) in [4.78, 5) is 15.1. The number of urea groups is 1. The highest BCUT2D eigenvalue weighted by Crippen LogP contribution is 2.31. The lowest BCUT2D eigenvalue weighted by Gasteiger charge is -2.03. The number of rotatable bonds is 4. The molecule has 11 heavy (non-hydrogen) atoms. The molecule has 4 nitrogen and oxygen atoms in total. The van der Waals surface area contributed by atoms with Gasteiger partial charge in [-0.1, -0.05) is 12.8 Å². The molecular formula is C7H14N2O2. The molecule has 1 rings (SSSR count). The zero-order valence-electron chi connectivity index (χ0n) is 6.72. The van der Waals surface area contributed by atoms with Crippen LogP contribution in [-0.2, 0) is 4.84 Å². The lowest BCUT2D eigenvalue weighted by Crippen LogP contribution is -2.35. The van der Waals surface area contributed by atoms with Gasteiger partial charge < -0.3 is 5.32 Å². The largest absolute Gasteiger partial charge is 0.338 e. The third kappa shape index (κ3) is 3.83. The first-order valence-corrected chi connectivity index (χ1v) is 3.89. The summed E-state index contributed by atoms with van der Waals surface area (Å²) < 4.78 is 0. The van der Waals surface area contributed by atoms with Crippen LogP contribution in [-0.4, -0.2) is 19.7 Å². The lowest BCUT2D eigenvalue weighted by atomic mass is 10.3. The maximum Gasteiger partial charge on any atom is 0.338 e. The minimum atomic E-state index is -0.256. The molecule has 1 aliphatic carbocycles. The van der Waals surface area contributed by atoms with Gasteiger partial charge in [0.15, 0.2) is 0 Å². The summed E-state index contributed by atoms with van der Waals surface area (Å²) in [5.41, 5.74) is 2.19. The van der Waals surface area contributed by atoms with E-state index in [2.05, 4.69) is 15.6 Å². The number of carbonyl (C=O) groups is 1. The van der Waals surface area contributed by atoms with E-state index in [1.807, 2.05) is 0 Å². The molecule has 2 N–H and O–H groups in total. The van der Waals surface area contributed by atoms with Crippen LogP contribution < -0.4 is 10.8 Å². The van der Waals surface area contributed by atoms with Gasteiger partial charge in [0.2, 0.25) is 0 Å². The fourth-order valence-corrected chi connectivity index (χ4v) is 0.925. The molecule has 1 saturated carbocycles. The second-order valence-electron chi connectivity index (χ2n) is 2.79. The average molecular weight is 158 g/mol. The van der Waals surface area contributed by atoms with Crippen molar-refractivity contribution in [2.45, 2.75) is 19.3 Å². The molecule has 0 heterocycles. The van der Waals surface area contributed by atoms with E-state index in [-0.39, 0.29) is 6.03 Å². The smallest absolute Gasteiger partial charge is 0.336 e. The van der Waals surface area contributed by atoms with Gasteiger partial charge in [-0.05, 0) is 12.3 Å². The van der Waals surface area contributed by atoms with E-state index in [9.17, 15) is 4.79 Å². The molecule has 0 aromatic heterocycles. The maximum absolute atomic E-state index is 10.7. The Morgan fingerprint density at radius 3 is 2.91 bits per heavy atom. The van der Waals surface area contributed by atoms with E-state index in [1.54, 1.807) is 0 Å². The summed E-state index contributed by atoms with van der Waals surface area (Å²) >= 11 is 0. The fourth-order valence-electron chi connectivity index (χ4n) is 0.925. The van der Waals surface area contributed by atoms with Crippen LogP contribution in [0.5, 0.6) is 0 Å². The van der Waals surface area contributed by atoms with Crippen LogP contribution in [0.25, 0.3) is 0 Å². The zero-order valence-corrected chi connectivity index (χ0v) is 6.72. The Bertz CT molecular complexity index is 134. The number of amides is 2. The molecule has 2 amide bonds. The molecule has 64 valence electrons. The van der Waals surface area contributed by atoms with E-state index in [4.69, 9.17) is 0 Å². The molecule has 0 unspecified atom stereocenters. The number of carbonyl (C=O) groups excluding carboxylic acids is 1. The van der Waals surface area contributed by atoms with Gasteiger partial charge in [0, 0.05) is 6.54 Å². The van der Waals surface area contributed by atoms with Gasteiger partial charge in [-0.2, -0.15) is 0 Å². The molecule has 0 radical (unpaired) electrons. The molecule has 0 aromatic rings. The summed E-state index contributed by atoms with van der Waals surface area (Å²) in [6.07, 6.45) is 3.75. The predicted molar refractivity (Wildman–Crippen MR) is 40.9 cm³/mol. The molecule has 1 fully saturated rings. The first-order valence-electron chi connectivity index (χ1n) is 3.89. The molecule has 1 aliphatic rings. The second-order valence-corrected chi connectivity index (χ2v) is 2.79. The molecule has 0 saturated heterocycles. The van der Waals surface area contributed by atoms with E-state index < -0.39 is 0 Å². The van der Waals surface area contributed by atoms with E-state index >= 15 is 0 Å². The molecule has 4 heteroatoms. The summed E-state index contributed by atoms with van der Waals surface area (Å²) in [6.45, 7) is 0.750. The first kappa shape index (κ1) is 8.33. The highest BCUT2D eigenvalue weighted by atomic mass is 16.6. The maximum atomic E-state index is 10.7. The minimum absolute atomic E-state index is 0.256. The second kappa shape index (κ2) is 4.18. The first-order chi connectivity index (χ1) is 5.33. The fraction of sp³-hybridized carbons (Fsp3) is 0.857. The Morgan fingerprint density at radius 2 is 2.36 bits per heavy atom. The third-order valence-electron chi connectivity index (χ3n) is 1.73. The number of nitrogens with one attached hydrogen (secondary N) is 2. The molecule has 0 bridgehead atoms.